The van der Waals surface area contributed by atoms with Gasteiger partial charge in [-0.1, -0.05) is 11.6 Å². The summed E-state index contributed by atoms with van der Waals surface area (Å²) in [5.74, 6) is 0. The summed E-state index contributed by atoms with van der Waals surface area (Å²) < 4.78 is 0. The van der Waals surface area contributed by atoms with Crippen molar-refractivity contribution in [2.24, 2.45) is 0 Å². The molecule has 0 aliphatic rings. The Morgan fingerprint density at radius 2 is 2.42 bits per heavy atom. The van der Waals surface area contributed by atoms with Gasteiger partial charge in [0, 0.05) is 18.7 Å². The molecule has 66 valence electrons. The zero-order valence-electron chi connectivity index (χ0n) is 7.34. The van der Waals surface area contributed by atoms with Gasteiger partial charge in [-0.2, -0.15) is 0 Å². The van der Waals surface area contributed by atoms with E-state index in [4.69, 9.17) is 11.6 Å². The molecule has 1 aromatic rings. The number of likely N-dealkylation sites (N-methyl/N-ethyl adjacent to an activating group) is 1. The normalized spacial score (nSPS) is 12.9. The van der Waals surface area contributed by atoms with Crippen molar-refractivity contribution in [3.63, 3.8) is 0 Å². The van der Waals surface area contributed by atoms with Crippen LogP contribution in [0.25, 0.3) is 0 Å². The maximum absolute atomic E-state index is 5.94. The molecule has 0 fully saturated rings. The molecule has 0 aromatic carbocycles. The Bertz CT molecular complexity index is 250. The van der Waals surface area contributed by atoms with Crippen molar-refractivity contribution in [1.29, 1.82) is 0 Å². The van der Waals surface area contributed by atoms with Gasteiger partial charge in [0.2, 0.25) is 0 Å². The van der Waals surface area contributed by atoms with Gasteiger partial charge in [0.25, 0.3) is 0 Å². The molecule has 0 aliphatic carbocycles. The van der Waals surface area contributed by atoms with Crippen LogP contribution in [-0.2, 0) is 6.42 Å². The fraction of sp³-hybridized carbons (Fsp3) is 0.444. The molecule has 1 heterocycles. The first-order valence-electron chi connectivity index (χ1n) is 4.00. The zero-order chi connectivity index (χ0) is 8.97. The summed E-state index contributed by atoms with van der Waals surface area (Å²) in [6, 6.07) is 4.12. The van der Waals surface area contributed by atoms with E-state index in [1.54, 1.807) is 6.20 Å². The number of halogens is 1. The lowest BCUT2D eigenvalue weighted by atomic mass is 10.2. The summed E-state index contributed by atoms with van der Waals surface area (Å²) in [4.78, 5) is 4.19. The number of hydrogen-bond acceptors (Lipinski definition) is 2. The molecule has 0 saturated heterocycles. The summed E-state index contributed by atoms with van der Waals surface area (Å²) in [5.41, 5.74) is 0.959. The van der Waals surface area contributed by atoms with E-state index in [1.165, 1.54) is 0 Å². The van der Waals surface area contributed by atoms with Gasteiger partial charge in [0.1, 0.15) is 0 Å². The summed E-state index contributed by atoms with van der Waals surface area (Å²) >= 11 is 5.94. The van der Waals surface area contributed by atoms with Crippen LogP contribution in [0.1, 0.15) is 12.6 Å². The van der Waals surface area contributed by atoms with Crippen molar-refractivity contribution in [3.05, 3.63) is 29.0 Å². The van der Waals surface area contributed by atoms with E-state index in [9.17, 15) is 0 Å². The average molecular weight is 185 g/mol. The SMILES string of the molecule is CNC(C)Cc1ncccc1Cl. The molecule has 0 spiro atoms. The molecule has 1 unspecified atom stereocenters. The Labute approximate surface area is 78.0 Å². The predicted octanol–water partition coefficient (Wildman–Crippen LogP) is 1.89. The molecule has 0 saturated carbocycles. The van der Waals surface area contributed by atoms with Crippen molar-refractivity contribution in [1.82, 2.24) is 10.3 Å². The van der Waals surface area contributed by atoms with E-state index < -0.39 is 0 Å². The maximum Gasteiger partial charge on any atom is 0.0622 e. The third-order valence-corrected chi connectivity index (χ3v) is 2.17. The van der Waals surface area contributed by atoms with Crippen molar-refractivity contribution >= 4 is 11.6 Å². The van der Waals surface area contributed by atoms with Gasteiger partial charge in [-0.05, 0) is 26.1 Å². The van der Waals surface area contributed by atoms with Crippen molar-refractivity contribution in [2.45, 2.75) is 19.4 Å². The van der Waals surface area contributed by atoms with E-state index in [0.29, 0.717) is 6.04 Å². The molecule has 0 radical (unpaired) electrons. The van der Waals surface area contributed by atoms with Gasteiger partial charge in [-0.25, -0.2) is 0 Å². The van der Waals surface area contributed by atoms with Crippen LogP contribution in [-0.4, -0.2) is 18.1 Å². The summed E-state index contributed by atoms with van der Waals surface area (Å²) in [6.45, 7) is 2.10. The van der Waals surface area contributed by atoms with E-state index >= 15 is 0 Å². The fourth-order valence-electron chi connectivity index (χ4n) is 0.961. The number of nitrogens with zero attached hydrogens (tertiary/aromatic N) is 1. The molecule has 1 aromatic heterocycles. The van der Waals surface area contributed by atoms with Crippen molar-refractivity contribution in [3.8, 4) is 0 Å². The standard InChI is InChI=1S/C9H13ClN2/c1-7(11-2)6-9-8(10)4-3-5-12-9/h3-5,7,11H,6H2,1-2H3. The molecular formula is C9H13ClN2. The highest BCUT2D eigenvalue weighted by Crippen LogP contribution is 2.13. The Kier molecular flexibility index (Phi) is 3.50. The molecule has 1 N–H and O–H groups in total. The van der Waals surface area contributed by atoms with Gasteiger partial charge in [-0.3, -0.25) is 4.98 Å². The molecule has 1 rings (SSSR count). The number of rotatable bonds is 3. The zero-order valence-corrected chi connectivity index (χ0v) is 8.10. The second-order valence-corrected chi connectivity index (χ2v) is 3.23. The number of aromatic nitrogens is 1. The predicted molar refractivity (Wildman–Crippen MR) is 51.5 cm³/mol. The van der Waals surface area contributed by atoms with Gasteiger partial charge in [0.05, 0.1) is 10.7 Å². The molecule has 3 heteroatoms. The summed E-state index contributed by atoms with van der Waals surface area (Å²) in [5, 5.41) is 3.89. The smallest absolute Gasteiger partial charge is 0.0622 e. The minimum absolute atomic E-state index is 0.414. The van der Waals surface area contributed by atoms with Crippen LogP contribution < -0.4 is 5.32 Å². The molecule has 0 bridgehead atoms. The van der Waals surface area contributed by atoms with Crippen molar-refractivity contribution < 1.29 is 0 Å². The largest absolute Gasteiger partial charge is 0.317 e. The lowest BCUT2D eigenvalue weighted by Gasteiger charge is -2.09. The fourth-order valence-corrected chi connectivity index (χ4v) is 1.16. The monoisotopic (exact) mass is 184 g/mol. The number of pyridine rings is 1. The van der Waals surface area contributed by atoms with Crippen molar-refractivity contribution in [2.75, 3.05) is 7.05 Å². The van der Waals surface area contributed by atoms with Crippen LogP contribution in [0, 0.1) is 0 Å². The van der Waals surface area contributed by atoms with E-state index in [1.807, 2.05) is 19.2 Å². The van der Waals surface area contributed by atoms with Crippen LogP contribution in [0.15, 0.2) is 18.3 Å². The third-order valence-electron chi connectivity index (χ3n) is 1.83. The average Bonchev–Trinajstić information content (AvgIpc) is 2.09. The quantitative estimate of drug-likeness (QED) is 0.776. The van der Waals surface area contributed by atoms with Gasteiger partial charge < -0.3 is 5.32 Å². The minimum atomic E-state index is 0.414. The Morgan fingerprint density at radius 3 is 3.00 bits per heavy atom. The topological polar surface area (TPSA) is 24.9 Å². The molecule has 0 amide bonds. The Balaban J connectivity index is 2.69. The van der Waals surface area contributed by atoms with E-state index in [-0.39, 0.29) is 0 Å². The molecule has 1 atom stereocenters. The van der Waals surface area contributed by atoms with Gasteiger partial charge in [-0.15, -0.1) is 0 Å². The summed E-state index contributed by atoms with van der Waals surface area (Å²) in [7, 11) is 1.93. The second-order valence-electron chi connectivity index (χ2n) is 2.83. The lowest BCUT2D eigenvalue weighted by Crippen LogP contribution is -2.24. The highest BCUT2D eigenvalue weighted by Gasteiger charge is 2.04. The van der Waals surface area contributed by atoms with Crippen LogP contribution in [0.5, 0.6) is 0 Å². The maximum atomic E-state index is 5.94. The van der Waals surface area contributed by atoms with Crippen LogP contribution >= 0.6 is 11.6 Å². The number of hydrogen-bond donors (Lipinski definition) is 1. The first-order valence-corrected chi connectivity index (χ1v) is 4.38. The van der Waals surface area contributed by atoms with E-state index in [0.717, 1.165) is 17.1 Å². The third kappa shape index (κ3) is 2.47. The van der Waals surface area contributed by atoms with Crippen LogP contribution in [0.3, 0.4) is 0 Å². The highest BCUT2D eigenvalue weighted by molar-refractivity contribution is 6.31. The van der Waals surface area contributed by atoms with E-state index in [2.05, 4.69) is 17.2 Å². The molecule has 0 aliphatic heterocycles. The molecule has 12 heavy (non-hydrogen) atoms. The molecule has 2 nitrogen and oxygen atoms in total. The van der Waals surface area contributed by atoms with Gasteiger partial charge in [0.15, 0.2) is 0 Å². The highest BCUT2D eigenvalue weighted by atomic mass is 35.5. The van der Waals surface area contributed by atoms with Gasteiger partial charge >= 0.3 is 0 Å². The second kappa shape index (κ2) is 4.43. The van der Waals surface area contributed by atoms with Crippen LogP contribution in [0.2, 0.25) is 5.02 Å². The van der Waals surface area contributed by atoms with Crippen LogP contribution in [0.4, 0.5) is 0 Å². The first kappa shape index (κ1) is 9.49. The molecular weight excluding hydrogens is 172 g/mol. The first-order chi connectivity index (χ1) is 5.74. The Morgan fingerprint density at radius 1 is 1.67 bits per heavy atom. The Hall–Kier alpha value is -0.600. The number of nitrogens with one attached hydrogen (secondary N) is 1. The minimum Gasteiger partial charge on any atom is -0.317 e. The summed E-state index contributed by atoms with van der Waals surface area (Å²) in [6.07, 6.45) is 2.64. The lowest BCUT2D eigenvalue weighted by molar-refractivity contribution is 0.601.